The molecule has 0 atom stereocenters. The Morgan fingerprint density at radius 2 is 1.73 bits per heavy atom. The van der Waals surface area contributed by atoms with E-state index in [-0.39, 0.29) is 0 Å². The maximum Gasteiger partial charge on any atom is 0.0467 e. The maximum absolute atomic E-state index is 3.42. The van der Waals surface area contributed by atoms with Crippen LogP contribution in [0.15, 0.2) is 0 Å². The zero-order valence-electron chi connectivity index (χ0n) is 10.4. The lowest BCUT2D eigenvalue weighted by molar-refractivity contribution is 0.294. The Morgan fingerprint density at radius 1 is 1.13 bits per heavy atom. The molecule has 0 saturated carbocycles. The molecule has 90 valence electrons. The molecule has 0 aromatic rings. The third kappa shape index (κ3) is 5.47. The van der Waals surface area contributed by atoms with E-state index in [0.717, 1.165) is 19.6 Å². The Hall–Kier alpha value is -0.160. The van der Waals surface area contributed by atoms with Gasteiger partial charge in [-0.2, -0.15) is 0 Å². The number of rotatable bonds is 5. The summed E-state index contributed by atoms with van der Waals surface area (Å²) in [5.74, 6) is 0. The molecular formula is C11H26N4. The summed E-state index contributed by atoms with van der Waals surface area (Å²) in [7, 11) is 4.39. The van der Waals surface area contributed by atoms with Crippen molar-refractivity contribution >= 4 is 0 Å². The van der Waals surface area contributed by atoms with Gasteiger partial charge < -0.3 is 9.80 Å². The molecule has 1 heterocycles. The fourth-order valence-corrected chi connectivity index (χ4v) is 1.91. The van der Waals surface area contributed by atoms with Crippen LogP contribution in [-0.2, 0) is 0 Å². The summed E-state index contributed by atoms with van der Waals surface area (Å²) < 4.78 is 0. The summed E-state index contributed by atoms with van der Waals surface area (Å²) in [5.41, 5.74) is 6.75. The first-order valence-electron chi connectivity index (χ1n) is 6.08. The summed E-state index contributed by atoms with van der Waals surface area (Å²) in [6.07, 6.45) is 2.49. The van der Waals surface area contributed by atoms with E-state index < -0.39 is 0 Å². The van der Waals surface area contributed by atoms with Gasteiger partial charge in [-0.15, -0.1) is 0 Å². The average molecular weight is 214 g/mol. The van der Waals surface area contributed by atoms with Gasteiger partial charge in [0, 0.05) is 38.8 Å². The van der Waals surface area contributed by atoms with Crippen LogP contribution in [0.2, 0.25) is 0 Å². The van der Waals surface area contributed by atoms with Gasteiger partial charge in [-0.3, -0.25) is 10.9 Å². The van der Waals surface area contributed by atoms with Crippen molar-refractivity contribution < 1.29 is 0 Å². The van der Waals surface area contributed by atoms with E-state index in [9.17, 15) is 0 Å². The lowest BCUT2D eigenvalue weighted by Gasteiger charge is -2.22. The summed E-state index contributed by atoms with van der Waals surface area (Å²) in [5, 5.41) is 0. The Kier molecular flexibility index (Phi) is 6.17. The molecule has 1 rings (SSSR count). The van der Waals surface area contributed by atoms with Gasteiger partial charge in [0.2, 0.25) is 0 Å². The number of hydrazine groups is 1. The van der Waals surface area contributed by atoms with Gasteiger partial charge in [-0.25, -0.2) is 0 Å². The average Bonchev–Trinajstić information content (AvgIpc) is 2.36. The molecule has 0 unspecified atom stereocenters. The lowest BCUT2D eigenvalue weighted by Crippen LogP contribution is -2.49. The van der Waals surface area contributed by atoms with Crippen molar-refractivity contribution in [3.8, 4) is 0 Å². The molecule has 15 heavy (non-hydrogen) atoms. The van der Waals surface area contributed by atoms with Gasteiger partial charge in [0.1, 0.15) is 0 Å². The third-order valence-electron chi connectivity index (χ3n) is 2.89. The SMILES string of the molecule is CCCCNNC1CN(C)CCN(C)C1. The van der Waals surface area contributed by atoms with E-state index in [1.165, 1.54) is 25.9 Å². The van der Waals surface area contributed by atoms with Crippen molar-refractivity contribution in [3.63, 3.8) is 0 Å². The highest BCUT2D eigenvalue weighted by molar-refractivity contribution is 4.76. The normalized spacial score (nSPS) is 21.8. The number of unbranched alkanes of at least 4 members (excludes halogenated alkanes) is 1. The second-order valence-electron chi connectivity index (χ2n) is 4.65. The summed E-state index contributed by atoms with van der Waals surface area (Å²) >= 11 is 0. The van der Waals surface area contributed by atoms with Crippen molar-refractivity contribution in [2.75, 3.05) is 46.8 Å². The van der Waals surface area contributed by atoms with Gasteiger partial charge >= 0.3 is 0 Å². The number of hydrogen-bond acceptors (Lipinski definition) is 4. The number of hydrogen-bond donors (Lipinski definition) is 2. The van der Waals surface area contributed by atoms with Crippen LogP contribution in [-0.4, -0.2) is 62.7 Å². The molecule has 4 nitrogen and oxygen atoms in total. The Morgan fingerprint density at radius 3 is 2.27 bits per heavy atom. The second-order valence-corrected chi connectivity index (χ2v) is 4.65. The standard InChI is InChI=1S/C11H26N4/c1-4-5-6-12-13-11-9-14(2)7-8-15(3)10-11/h11-13H,4-10H2,1-3H3. The summed E-state index contributed by atoms with van der Waals surface area (Å²) in [4.78, 5) is 4.78. The number of likely N-dealkylation sites (N-methyl/N-ethyl adjacent to an activating group) is 2. The molecule has 0 aromatic heterocycles. The molecule has 0 amide bonds. The van der Waals surface area contributed by atoms with Crippen LogP contribution in [0.5, 0.6) is 0 Å². The van der Waals surface area contributed by atoms with E-state index >= 15 is 0 Å². The highest BCUT2D eigenvalue weighted by Crippen LogP contribution is 1.98. The fraction of sp³-hybridized carbons (Fsp3) is 1.00. The Bertz CT molecular complexity index is 151. The van der Waals surface area contributed by atoms with Crippen LogP contribution in [0.4, 0.5) is 0 Å². The van der Waals surface area contributed by atoms with Crippen molar-refractivity contribution in [3.05, 3.63) is 0 Å². The van der Waals surface area contributed by atoms with E-state index in [0.29, 0.717) is 6.04 Å². The van der Waals surface area contributed by atoms with E-state index in [4.69, 9.17) is 0 Å². The first-order valence-corrected chi connectivity index (χ1v) is 6.08. The van der Waals surface area contributed by atoms with Crippen LogP contribution >= 0.6 is 0 Å². The van der Waals surface area contributed by atoms with Crippen LogP contribution in [0.3, 0.4) is 0 Å². The minimum absolute atomic E-state index is 0.541. The smallest absolute Gasteiger partial charge is 0.0467 e. The topological polar surface area (TPSA) is 30.5 Å². The van der Waals surface area contributed by atoms with Crippen molar-refractivity contribution in [2.45, 2.75) is 25.8 Å². The van der Waals surface area contributed by atoms with Crippen molar-refractivity contribution in [1.82, 2.24) is 20.7 Å². The lowest BCUT2D eigenvalue weighted by atomic mass is 10.3. The molecule has 1 fully saturated rings. The van der Waals surface area contributed by atoms with Crippen molar-refractivity contribution in [2.24, 2.45) is 0 Å². The molecule has 2 N–H and O–H groups in total. The zero-order chi connectivity index (χ0) is 11.1. The fourth-order valence-electron chi connectivity index (χ4n) is 1.91. The van der Waals surface area contributed by atoms with Crippen LogP contribution in [0, 0.1) is 0 Å². The highest BCUT2D eigenvalue weighted by Gasteiger charge is 2.17. The van der Waals surface area contributed by atoms with Gasteiger partial charge in [0.15, 0.2) is 0 Å². The molecule has 1 aliphatic rings. The highest BCUT2D eigenvalue weighted by atomic mass is 15.4. The molecule has 0 aromatic carbocycles. The third-order valence-corrected chi connectivity index (χ3v) is 2.89. The zero-order valence-corrected chi connectivity index (χ0v) is 10.4. The molecule has 4 heteroatoms. The predicted molar refractivity (Wildman–Crippen MR) is 64.8 cm³/mol. The minimum Gasteiger partial charge on any atom is -0.303 e. The molecule has 0 aliphatic carbocycles. The quantitative estimate of drug-likeness (QED) is 0.503. The van der Waals surface area contributed by atoms with Crippen LogP contribution < -0.4 is 10.9 Å². The largest absolute Gasteiger partial charge is 0.303 e. The number of nitrogens with zero attached hydrogens (tertiary/aromatic N) is 2. The predicted octanol–water partition coefficient (Wildman–Crippen LogP) is 0.127. The maximum atomic E-state index is 3.42. The Labute approximate surface area is 94.0 Å². The van der Waals surface area contributed by atoms with Gasteiger partial charge in [0.25, 0.3) is 0 Å². The van der Waals surface area contributed by atoms with E-state index in [2.05, 4.69) is 41.7 Å². The molecule has 0 radical (unpaired) electrons. The summed E-state index contributed by atoms with van der Waals surface area (Å²) in [6.45, 7) is 7.88. The first-order chi connectivity index (χ1) is 7.22. The van der Waals surface area contributed by atoms with Gasteiger partial charge in [0.05, 0.1) is 0 Å². The molecule has 0 bridgehead atoms. The van der Waals surface area contributed by atoms with Crippen molar-refractivity contribution in [1.29, 1.82) is 0 Å². The summed E-state index contributed by atoms with van der Waals surface area (Å²) in [6, 6.07) is 0.541. The second kappa shape index (κ2) is 7.17. The Balaban J connectivity index is 2.19. The van der Waals surface area contributed by atoms with E-state index in [1.54, 1.807) is 0 Å². The molecule has 1 aliphatic heterocycles. The van der Waals surface area contributed by atoms with Gasteiger partial charge in [-0.05, 0) is 20.5 Å². The first kappa shape index (κ1) is 12.9. The van der Waals surface area contributed by atoms with Gasteiger partial charge in [-0.1, -0.05) is 13.3 Å². The molecular weight excluding hydrogens is 188 g/mol. The monoisotopic (exact) mass is 214 g/mol. The van der Waals surface area contributed by atoms with E-state index in [1.807, 2.05) is 0 Å². The minimum atomic E-state index is 0.541. The number of nitrogens with one attached hydrogen (secondary N) is 2. The molecule has 1 saturated heterocycles. The van der Waals surface area contributed by atoms with Crippen LogP contribution in [0.1, 0.15) is 19.8 Å². The molecule has 0 spiro atoms. The van der Waals surface area contributed by atoms with Crippen LogP contribution in [0.25, 0.3) is 0 Å².